The van der Waals surface area contributed by atoms with Gasteiger partial charge in [0.05, 0.1) is 6.04 Å². The van der Waals surface area contributed by atoms with Gasteiger partial charge in [-0.05, 0) is 18.9 Å². The largest absolute Gasteiger partial charge is 0.355 e. The van der Waals surface area contributed by atoms with Gasteiger partial charge in [-0.2, -0.15) is 0 Å². The van der Waals surface area contributed by atoms with E-state index in [0.29, 0.717) is 5.92 Å². The Bertz CT molecular complexity index is 145. The molecule has 1 amide bonds. The summed E-state index contributed by atoms with van der Waals surface area (Å²) >= 11 is 0. The lowest BCUT2D eigenvalue weighted by molar-refractivity contribution is -0.120. The number of carbonyl (C=O) groups excluding carboxylic acids is 1. The lowest BCUT2D eigenvalue weighted by atomic mass is 10.2. The van der Waals surface area contributed by atoms with Gasteiger partial charge in [0.25, 0.3) is 0 Å². The van der Waals surface area contributed by atoms with Gasteiger partial charge in [0, 0.05) is 6.54 Å². The van der Waals surface area contributed by atoms with Crippen LogP contribution in [0.5, 0.6) is 0 Å². The summed E-state index contributed by atoms with van der Waals surface area (Å²) in [6.45, 7) is 6.03. The van der Waals surface area contributed by atoms with E-state index in [2.05, 4.69) is 24.5 Å². The van der Waals surface area contributed by atoms with Crippen molar-refractivity contribution >= 4 is 5.91 Å². The van der Waals surface area contributed by atoms with Crippen LogP contribution in [0.4, 0.5) is 0 Å². The molecule has 1 aliphatic rings. The van der Waals surface area contributed by atoms with Gasteiger partial charge in [-0.1, -0.05) is 13.8 Å². The number of hydrogen-bond acceptors (Lipinski definition) is 2. The SMILES string of the molecule is CC(C)CN[C@@H]1CCNC1=O. The Labute approximate surface area is 67.5 Å². The van der Waals surface area contributed by atoms with E-state index in [4.69, 9.17) is 0 Å². The fourth-order valence-corrected chi connectivity index (χ4v) is 1.17. The fraction of sp³-hybridized carbons (Fsp3) is 0.875. The molecule has 0 radical (unpaired) electrons. The summed E-state index contributed by atoms with van der Waals surface area (Å²) in [5, 5.41) is 6.01. The van der Waals surface area contributed by atoms with Crippen molar-refractivity contribution in [2.75, 3.05) is 13.1 Å². The van der Waals surface area contributed by atoms with Crippen LogP contribution in [-0.4, -0.2) is 25.0 Å². The Kier molecular flexibility index (Phi) is 2.88. The number of hydrogen-bond donors (Lipinski definition) is 2. The zero-order chi connectivity index (χ0) is 8.27. The third-order valence-corrected chi connectivity index (χ3v) is 1.82. The molecule has 1 fully saturated rings. The summed E-state index contributed by atoms with van der Waals surface area (Å²) in [6.07, 6.45) is 0.936. The molecule has 1 heterocycles. The topological polar surface area (TPSA) is 41.1 Å². The van der Waals surface area contributed by atoms with Crippen LogP contribution in [-0.2, 0) is 4.79 Å². The van der Waals surface area contributed by atoms with Crippen molar-refractivity contribution in [1.29, 1.82) is 0 Å². The molecule has 0 aromatic carbocycles. The molecular weight excluding hydrogens is 140 g/mol. The molecule has 64 valence electrons. The summed E-state index contributed by atoms with van der Waals surface area (Å²) in [5.74, 6) is 0.772. The van der Waals surface area contributed by atoms with Gasteiger partial charge in [0.15, 0.2) is 0 Å². The number of amides is 1. The van der Waals surface area contributed by atoms with Crippen molar-refractivity contribution in [2.24, 2.45) is 5.92 Å². The van der Waals surface area contributed by atoms with Crippen molar-refractivity contribution in [2.45, 2.75) is 26.3 Å². The first-order chi connectivity index (χ1) is 5.20. The van der Waals surface area contributed by atoms with Crippen molar-refractivity contribution in [3.05, 3.63) is 0 Å². The third-order valence-electron chi connectivity index (χ3n) is 1.82. The molecule has 0 aromatic rings. The average Bonchev–Trinajstić information content (AvgIpc) is 2.31. The van der Waals surface area contributed by atoms with Crippen LogP contribution in [0.15, 0.2) is 0 Å². The molecule has 11 heavy (non-hydrogen) atoms. The van der Waals surface area contributed by atoms with Crippen LogP contribution < -0.4 is 10.6 Å². The number of rotatable bonds is 3. The van der Waals surface area contributed by atoms with Gasteiger partial charge in [-0.3, -0.25) is 4.79 Å². The normalized spacial score (nSPS) is 24.3. The molecule has 0 unspecified atom stereocenters. The molecule has 3 nitrogen and oxygen atoms in total. The monoisotopic (exact) mass is 156 g/mol. The minimum Gasteiger partial charge on any atom is -0.355 e. The Morgan fingerprint density at radius 3 is 2.91 bits per heavy atom. The quantitative estimate of drug-likeness (QED) is 0.609. The standard InChI is InChI=1S/C8H16N2O/c1-6(2)5-10-7-3-4-9-8(7)11/h6-7,10H,3-5H2,1-2H3,(H,9,11)/t7-/m1/s1. The lowest BCUT2D eigenvalue weighted by Crippen LogP contribution is -2.38. The Morgan fingerprint density at radius 1 is 1.73 bits per heavy atom. The van der Waals surface area contributed by atoms with Crippen molar-refractivity contribution in [3.63, 3.8) is 0 Å². The highest BCUT2D eigenvalue weighted by molar-refractivity contribution is 5.83. The number of nitrogens with one attached hydrogen (secondary N) is 2. The predicted octanol–water partition coefficient (Wildman–Crippen LogP) is 0.120. The van der Waals surface area contributed by atoms with Gasteiger partial charge >= 0.3 is 0 Å². The fourth-order valence-electron chi connectivity index (χ4n) is 1.17. The Balaban J connectivity index is 2.20. The van der Waals surface area contributed by atoms with Gasteiger partial charge in [-0.25, -0.2) is 0 Å². The van der Waals surface area contributed by atoms with E-state index in [-0.39, 0.29) is 11.9 Å². The summed E-state index contributed by atoms with van der Waals surface area (Å²) in [7, 11) is 0. The smallest absolute Gasteiger partial charge is 0.237 e. The van der Waals surface area contributed by atoms with Crippen LogP contribution in [0.2, 0.25) is 0 Å². The van der Waals surface area contributed by atoms with E-state index in [9.17, 15) is 4.79 Å². The molecule has 1 saturated heterocycles. The highest BCUT2D eigenvalue weighted by Crippen LogP contribution is 2.00. The maximum Gasteiger partial charge on any atom is 0.237 e. The minimum absolute atomic E-state index is 0.0670. The maximum atomic E-state index is 11.0. The Morgan fingerprint density at radius 2 is 2.45 bits per heavy atom. The zero-order valence-corrected chi connectivity index (χ0v) is 7.18. The molecule has 1 rings (SSSR count). The van der Waals surface area contributed by atoms with Gasteiger partial charge in [0.1, 0.15) is 0 Å². The van der Waals surface area contributed by atoms with E-state index < -0.39 is 0 Å². The number of carbonyl (C=O) groups is 1. The van der Waals surface area contributed by atoms with Gasteiger partial charge < -0.3 is 10.6 Å². The van der Waals surface area contributed by atoms with Crippen molar-refractivity contribution in [1.82, 2.24) is 10.6 Å². The summed E-state index contributed by atoms with van der Waals surface area (Å²) in [5.41, 5.74) is 0. The molecule has 1 aliphatic heterocycles. The highest BCUT2D eigenvalue weighted by atomic mass is 16.2. The van der Waals surface area contributed by atoms with Crippen LogP contribution in [0.1, 0.15) is 20.3 Å². The lowest BCUT2D eigenvalue weighted by Gasteiger charge is -2.11. The van der Waals surface area contributed by atoms with Gasteiger partial charge in [0.2, 0.25) is 5.91 Å². The van der Waals surface area contributed by atoms with E-state index in [1.807, 2.05) is 0 Å². The molecule has 0 aliphatic carbocycles. The molecule has 3 heteroatoms. The first kappa shape index (κ1) is 8.53. The van der Waals surface area contributed by atoms with Crippen molar-refractivity contribution in [3.8, 4) is 0 Å². The molecular formula is C8H16N2O. The summed E-state index contributed by atoms with van der Waals surface area (Å²) < 4.78 is 0. The molecule has 0 aromatic heterocycles. The molecule has 1 atom stereocenters. The van der Waals surface area contributed by atoms with Crippen LogP contribution in [0, 0.1) is 5.92 Å². The second-order valence-electron chi connectivity index (χ2n) is 3.43. The minimum atomic E-state index is 0.0670. The van der Waals surface area contributed by atoms with Crippen LogP contribution in [0.3, 0.4) is 0 Å². The van der Waals surface area contributed by atoms with E-state index in [0.717, 1.165) is 19.5 Å². The summed E-state index contributed by atoms with van der Waals surface area (Å²) in [6, 6.07) is 0.0670. The predicted molar refractivity (Wildman–Crippen MR) is 44.3 cm³/mol. The molecule has 2 N–H and O–H groups in total. The first-order valence-corrected chi connectivity index (χ1v) is 4.21. The van der Waals surface area contributed by atoms with E-state index in [1.54, 1.807) is 0 Å². The maximum absolute atomic E-state index is 11.0. The zero-order valence-electron chi connectivity index (χ0n) is 7.18. The molecule has 0 saturated carbocycles. The van der Waals surface area contributed by atoms with Crippen LogP contribution >= 0.6 is 0 Å². The Hall–Kier alpha value is -0.570. The second kappa shape index (κ2) is 3.72. The van der Waals surface area contributed by atoms with E-state index >= 15 is 0 Å². The van der Waals surface area contributed by atoms with Gasteiger partial charge in [-0.15, -0.1) is 0 Å². The second-order valence-corrected chi connectivity index (χ2v) is 3.43. The first-order valence-electron chi connectivity index (χ1n) is 4.21. The summed E-state index contributed by atoms with van der Waals surface area (Å²) in [4.78, 5) is 11.0. The molecule has 0 spiro atoms. The van der Waals surface area contributed by atoms with Crippen LogP contribution in [0.25, 0.3) is 0 Å². The third kappa shape index (κ3) is 2.50. The average molecular weight is 156 g/mol. The highest BCUT2D eigenvalue weighted by Gasteiger charge is 2.22. The van der Waals surface area contributed by atoms with E-state index in [1.165, 1.54) is 0 Å². The molecule has 0 bridgehead atoms. The van der Waals surface area contributed by atoms with Crippen molar-refractivity contribution < 1.29 is 4.79 Å².